The summed E-state index contributed by atoms with van der Waals surface area (Å²) in [7, 11) is 0. The SMILES string of the molecule is CC(O)CN(CC(C)O)c1nc(N)nc(N)n1. The zero-order chi connectivity index (χ0) is 13.0. The summed E-state index contributed by atoms with van der Waals surface area (Å²) >= 11 is 0. The predicted molar refractivity (Wildman–Crippen MR) is 64.2 cm³/mol. The van der Waals surface area contributed by atoms with Gasteiger partial charge in [-0.1, -0.05) is 0 Å². The van der Waals surface area contributed by atoms with E-state index in [1.54, 1.807) is 18.7 Å². The molecule has 8 heteroatoms. The molecule has 96 valence electrons. The minimum Gasteiger partial charge on any atom is -0.392 e. The number of hydrogen-bond donors (Lipinski definition) is 4. The molecule has 0 fully saturated rings. The molecule has 0 saturated carbocycles. The van der Waals surface area contributed by atoms with Gasteiger partial charge in [-0.05, 0) is 13.8 Å². The van der Waals surface area contributed by atoms with Crippen LogP contribution in [0.5, 0.6) is 0 Å². The molecule has 2 unspecified atom stereocenters. The molecule has 0 aliphatic carbocycles. The van der Waals surface area contributed by atoms with Crippen LogP contribution in [0.3, 0.4) is 0 Å². The normalized spacial score (nSPS) is 14.4. The summed E-state index contributed by atoms with van der Waals surface area (Å²) in [6.07, 6.45) is -1.18. The van der Waals surface area contributed by atoms with Gasteiger partial charge >= 0.3 is 0 Å². The molecule has 1 aromatic heterocycles. The number of nitrogens with zero attached hydrogens (tertiary/aromatic N) is 4. The van der Waals surface area contributed by atoms with E-state index in [0.29, 0.717) is 0 Å². The third-order valence-corrected chi connectivity index (χ3v) is 1.91. The van der Waals surface area contributed by atoms with E-state index in [0.717, 1.165) is 0 Å². The van der Waals surface area contributed by atoms with Crippen molar-refractivity contribution in [2.24, 2.45) is 0 Å². The number of aliphatic hydroxyl groups excluding tert-OH is 2. The molecule has 0 spiro atoms. The van der Waals surface area contributed by atoms with Crippen LogP contribution in [0.4, 0.5) is 17.8 Å². The molecule has 0 aliphatic heterocycles. The molecule has 0 saturated heterocycles. The van der Waals surface area contributed by atoms with E-state index in [4.69, 9.17) is 11.5 Å². The fourth-order valence-electron chi connectivity index (χ4n) is 1.41. The number of rotatable bonds is 5. The number of aliphatic hydroxyl groups is 2. The summed E-state index contributed by atoms with van der Waals surface area (Å²) < 4.78 is 0. The van der Waals surface area contributed by atoms with Gasteiger partial charge in [-0.2, -0.15) is 15.0 Å². The first-order valence-corrected chi connectivity index (χ1v) is 5.26. The highest BCUT2D eigenvalue weighted by Gasteiger charge is 2.15. The largest absolute Gasteiger partial charge is 0.392 e. The van der Waals surface area contributed by atoms with E-state index < -0.39 is 12.2 Å². The first kappa shape index (κ1) is 13.4. The molecule has 0 radical (unpaired) electrons. The molecule has 1 rings (SSSR count). The Hall–Kier alpha value is -1.67. The van der Waals surface area contributed by atoms with Crippen LogP contribution in [0.15, 0.2) is 0 Å². The Morgan fingerprint density at radius 3 is 1.76 bits per heavy atom. The average Bonchev–Trinajstić information content (AvgIpc) is 2.13. The maximum Gasteiger partial charge on any atom is 0.232 e. The second-order valence-corrected chi connectivity index (χ2v) is 3.95. The fourth-order valence-corrected chi connectivity index (χ4v) is 1.41. The second-order valence-electron chi connectivity index (χ2n) is 3.95. The lowest BCUT2D eigenvalue weighted by molar-refractivity contribution is 0.177. The Labute approximate surface area is 99.3 Å². The van der Waals surface area contributed by atoms with E-state index in [1.807, 2.05) is 0 Å². The molecular weight excluding hydrogens is 224 g/mol. The number of anilines is 3. The monoisotopic (exact) mass is 242 g/mol. The van der Waals surface area contributed by atoms with Gasteiger partial charge < -0.3 is 26.6 Å². The molecule has 0 aliphatic rings. The van der Waals surface area contributed by atoms with Crippen molar-refractivity contribution in [3.8, 4) is 0 Å². The number of aromatic nitrogens is 3. The van der Waals surface area contributed by atoms with Crippen molar-refractivity contribution in [3.63, 3.8) is 0 Å². The average molecular weight is 242 g/mol. The van der Waals surface area contributed by atoms with Crippen molar-refractivity contribution >= 4 is 17.8 Å². The van der Waals surface area contributed by atoms with Gasteiger partial charge in [-0.3, -0.25) is 0 Å². The van der Waals surface area contributed by atoms with Gasteiger partial charge in [0.05, 0.1) is 12.2 Å². The van der Waals surface area contributed by atoms with Crippen LogP contribution < -0.4 is 16.4 Å². The molecule has 1 aromatic rings. The highest BCUT2D eigenvalue weighted by atomic mass is 16.3. The molecule has 1 heterocycles. The summed E-state index contributed by atoms with van der Waals surface area (Å²) in [5.41, 5.74) is 10.9. The smallest absolute Gasteiger partial charge is 0.232 e. The molecule has 2 atom stereocenters. The molecular formula is C9H18N6O2. The van der Waals surface area contributed by atoms with Crippen LogP contribution >= 0.6 is 0 Å². The Balaban J connectivity index is 2.94. The summed E-state index contributed by atoms with van der Waals surface area (Å²) in [6.45, 7) is 3.80. The highest BCUT2D eigenvalue weighted by Crippen LogP contribution is 2.11. The lowest BCUT2D eigenvalue weighted by atomic mass is 10.3. The Morgan fingerprint density at radius 1 is 1.00 bits per heavy atom. The quantitative estimate of drug-likeness (QED) is 0.495. The number of nitrogens with two attached hydrogens (primary N) is 2. The van der Waals surface area contributed by atoms with Gasteiger partial charge in [0.2, 0.25) is 17.8 Å². The zero-order valence-electron chi connectivity index (χ0n) is 9.91. The van der Waals surface area contributed by atoms with E-state index >= 15 is 0 Å². The molecule has 0 bridgehead atoms. The van der Waals surface area contributed by atoms with Gasteiger partial charge in [-0.15, -0.1) is 0 Å². The summed E-state index contributed by atoms with van der Waals surface area (Å²) in [4.78, 5) is 13.1. The maximum absolute atomic E-state index is 9.38. The van der Waals surface area contributed by atoms with E-state index in [-0.39, 0.29) is 30.9 Å². The van der Waals surface area contributed by atoms with Crippen LogP contribution in [0.25, 0.3) is 0 Å². The fraction of sp³-hybridized carbons (Fsp3) is 0.667. The van der Waals surface area contributed by atoms with Gasteiger partial charge in [0.15, 0.2) is 0 Å². The lowest BCUT2D eigenvalue weighted by Gasteiger charge is -2.25. The topological polar surface area (TPSA) is 134 Å². The third kappa shape index (κ3) is 4.37. The Kier molecular flexibility index (Phi) is 4.41. The minimum absolute atomic E-state index is 0.00804. The maximum atomic E-state index is 9.38. The lowest BCUT2D eigenvalue weighted by Crippen LogP contribution is -2.37. The predicted octanol–water partition coefficient (Wildman–Crippen LogP) is -1.40. The van der Waals surface area contributed by atoms with Crippen LogP contribution in [-0.4, -0.2) is 50.5 Å². The standard InChI is InChI=1S/C9H18N6O2/c1-5(16)3-15(4-6(2)17)9-13-7(10)12-8(11)14-9/h5-6,16-17H,3-4H2,1-2H3,(H4,10,11,12,13,14). The Bertz CT molecular complexity index is 340. The Morgan fingerprint density at radius 2 is 1.41 bits per heavy atom. The van der Waals surface area contributed by atoms with Gasteiger partial charge in [0.1, 0.15) is 0 Å². The minimum atomic E-state index is -0.590. The highest BCUT2D eigenvalue weighted by molar-refractivity contribution is 5.39. The van der Waals surface area contributed by atoms with E-state index in [2.05, 4.69) is 15.0 Å². The van der Waals surface area contributed by atoms with Crippen LogP contribution in [0.2, 0.25) is 0 Å². The molecule has 0 aromatic carbocycles. The van der Waals surface area contributed by atoms with Crippen LogP contribution in [0.1, 0.15) is 13.8 Å². The van der Waals surface area contributed by atoms with Gasteiger partial charge in [0, 0.05) is 13.1 Å². The van der Waals surface area contributed by atoms with Crippen molar-refractivity contribution < 1.29 is 10.2 Å². The molecule has 8 nitrogen and oxygen atoms in total. The van der Waals surface area contributed by atoms with E-state index in [9.17, 15) is 10.2 Å². The van der Waals surface area contributed by atoms with Crippen LogP contribution in [0, 0.1) is 0 Å². The van der Waals surface area contributed by atoms with Crippen molar-refractivity contribution in [1.82, 2.24) is 15.0 Å². The number of hydrogen-bond acceptors (Lipinski definition) is 8. The molecule has 17 heavy (non-hydrogen) atoms. The second kappa shape index (κ2) is 5.60. The summed E-state index contributed by atoms with van der Waals surface area (Å²) in [5.74, 6) is 0.263. The third-order valence-electron chi connectivity index (χ3n) is 1.91. The first-order chi connectivity index (χ1) is 7.88. The first-order valence-electron chi connectivity index (χ1n) is 5.26. The van der Waals surface area contributed by atoms with Gasteiger partial charge in [0.25, 0.3) is 0 Å². The summed E-state index contributed by atoms with van der Waals surface area (Å²) in [5, 5.41) is 18.8. The molecule has 6 N–H and O–H groups in total. The van der Waals surface area contributed by atoms with Crippen molar-refractivity contribution in [1.29, 1.82) is 0 Å². The van der Waals surface area contributed by atoms with Crippen molar-refractivity contribution in [2.75, 3.05) is 29.5 Å². The van der Waals surface area contributed by atoms with E-state index in [1.165, 1.54) is 0 Å². The van der Waals surface area contributed by atoms with Crippen molar-refractivity contribution in [2.45, 2.75) is 26.1 Å². The number of nitrogen functional groups attached to an aromatic ring is 2. The van der Waals surface area contributed by atoms with Crippen LogP contribution in [-0.2, 0) is 0 Å². The summed E-state index contributed by atoms with van der Waals surface area (Å²) in [6, 6.07) is 0. The molecule has 0 amide bonds. The van der Waals surface area contributed by atoms with Gasteiger partial charge in [-0.25, -0.2) is 0 Å². The zero-order valence-corrected chi connectivity index (χ0v) is 9.91. The van der Waals surface area contributed by atoms with Crippen molar-refractivity contribution in [3.05, 3.63) is 0 Å².